The topological polar surface area (TPSA) is 49.3 Å². The summed E-state index contributed by atoms with van der Waals surface area (Å²) in [5.41, 5.74) is 0. The first-order chi connectivity index (χ1) is 10.6. The van der Waals surface area contributed by atoms with Gasteiger partial charge in [-0.3, -0.25) is 4.79 Å². The molecule has 1 aliphatic carbocycles. The zero-order valence-corrected chi connectivity index (χ0v) is 14.4. The summed E-state index contributed by atoms with van der Waals surface area (Å²) >= 11 is 1.76. The van der Waals surface area contributed by atoms with Crippen LogP contribution in [0.15, 0.2) is 0 Å². The molecule has 1 aliphatic heterocycles. The van der Waals surface area contributed by atoms with Crippen molar-refractivity contribution in [2.24, 2.45) is 5.92 Å². The molecule has 2 heterocycles. The van der Waals surface area contributed by atoms with Gasteiger partial charge >= 0.3 is 0 Å². The molecule has 0 unspecified atom stereocenters. The lowest BCUT2D eigenvalue weighted by Gasteiger charge is -2.35. The summed E-state index contributed by atoms with van der Waals surface area (Å²) in [5, 5.41) is 11.1. The van der Waals surface area contributed by atoms with E-state index < -0.39 is 0 Å². The third kappa shape index (κ3) is 3.42. The second-order valence-corrected chi connectivity index (χ2v) is 7.71. The van der Waals surface area contributed by atoms with E-state index >= 15 is 0 Å². The third-order valence-electron chi connectivity index (χ3n) is 4.74. The SMILES string of the molecule is CC(C)C(=O)N1CCN(c2nnc(C3CCCCC3)s2)CC1. The van der Waals surface area contributed by atoms with Crippen molar-refractivity contribution in [3.8, 4) is 0 Å². The van der Waals surface area contributed by atoms with Crippen molar-refractivity contribution in [3.05, 3.63) is 5.01 Å². The molecule has 0 N–H and O–H groups in total. The van der Waals surface area contributed by atoms with Crippen LogP contribution in [0.2, 0.25) is 0 Å². The molecule has 0 bridgehead atoms. The van der Waals surface area contributed by atoms with Gasteiger partial charge in [-0.05, 0) is 12.8 Å². The van der Waals surface area contributed by atoms with Crippen LogP contribution in [0.4, 0.5) is 5.13 Å². The maximum atomic E-state index is 12.0. The van der Waals surface area contributed by atoms with Crippen LogP contribution in [0.25, 0.3) is 0 Å². The standard InChI is InChI=1S/C16H26N4OS/c1-12(2)15(21)19-8-10-20(11-9-19)16-18-17-14(22-16)13-6-4-3-5-7-13/h12-13H,3-11H2,1-2H3. The zero-order valence-electron chi connectivity index (χ0n) is 13.6. The van der Waals surface area contributed by atoms with Crippen LogP contribution in [0.5, 0.6) is 0 Å². The molecule has 0 atom stereocenters. The van der Waals surface area contributed by atoms with Crippen LogP contribution in [0, 0.1) is 5.92 Å². The second kappa shape index (κ2) is 6.94. The predicted molar refractivity (Wildman–Crippen MR) is 89.4 cm³/mol. The fourth-order valence-corrected chi connectivity index (χ4v) is 4.42. The van der Waals surface area contributed by atoms with Crippen LogP contribution in [-0.2, 0) is 4.79 Å². The Balaban J connectivity index is 1.57. The van der Waals surface area contributed by atoms with Gasteiger partial charge in [0.1, 0.15) is 5.01 Å². The Morgan fingerprint density at radius 2 is 1.77 bits per heavy atom. The quantitative estimate of drug-likeness (QED) is 0.858. The van der Waals surface area contributed by atoms with Gasteiger partial charge in [0.15, 0.2) is 0 Å². The number of carbonyl (C=O) groups is 1. The van der Waals surface area contributed by atoms with Crippen molar-refractivity contribution >= 4 is 22.4 Å². The Hall–Kier alpha value is -1.17. The lowest BCUT2D eigenvalue weighted by molar-refractivity contribution is -0.134. The fraction of sp³-hybridized carbons (Fsp3) is 0.812. The third-order valence-corrected chi connectivity index (χ3v) is 5.89. The highest BCUT2D eigenvalue weighted by molar-refractivity contribution is 7.15. The first-order valence-electron chi connectivity index (χ1n) is 8.52. The minimum Gasteiger partial charge on any atom is -0.343 e. The molecule has 6 heteroatoms. The molecular weight excluding hydrogens is 296 g/mol. The van der Waals surface area contributed by atoms with Crippen molar-refractivity contribution in [1.82, 2.24) is 15.1 Å². The smallest absolute Gasteiger partial charge is 0.225 e. The number of hydrogen-bond donors (Lipinski definition) is 0. The predicted octanol–water partition coefficient (Wildman–Crippen LogP) is 2.89. The van der Waals surface area contributed by atoms with Gasteiger partial charge in [-0.25, -0.2) is 0 Å². The number of rotatable bonds is 3. The number of piperazine rings is 1. The summed E-state index contributed by atoms with van der Waals surface area (Å²) in [5.74, 6) is 0.981. The molecule has 1 aromatic rings. The van der Waals surface area contributed by atoms with Crippen LogP contribution in [0.1, 0.15) is 56.9 Å². The Morgan fingerprint density at radius 3 is 2.41 bits per heavy atom. The average molecular weight is 322 g/mol. The summed E-state index contributed by atoms with van der Waals surface area (Å²) in [4.78, 5) is 16.3. The summed E-state index contributed by atoms with van der Waals surface area (Å²) in [6, 6.07) is 0. The maximum Gasteiger partial charge on any atom is 0.225 e. The molecule has 2 aliphatic rings. The highest BCUT2D eigenvalue weighted by Gasteiger charge is 2.26. The Labute approximate surface area is 136 Å². The first-order valence-corrected chi connectivity index (χ1v) is 9.34. The van der Waals surface area contributed by atoms with Gasteiger partial charge in [0, 0.05) is 38.0 Å². The molecule has 0 radical (unpaired) electrons. The zero-order chi connectivity index (χ0) is 15.5. The van der Waals surface area contributed by atoms with E-state index in [1.165, 1.54) is 37.1 Å². The highest BCUT2D eigenvalue weighted by Crippen LogP contribution is 2.36. The molecule has 0 aromatic carbocycles. The van der Waals surface area contributed by atoms with Gasteiger partial charge in [-0.1, -0.05) is 44.4 Å². The van der Waals surface area contributed by atoms with E-state index in [1.807, 2.05) is 18.7 Å². The fourth-order valence-electron chi connectivity index (χ4n) is 3.35. The van der Waals surface area contributed by atoms with Crippen molar-refractivity contribution in [1.29, 1.82) is 0 Å². The second-order valence-electron chi connectivity index (χ2n) is 6.72. The minimum atomic E-state index is 0.0889. The molecule has 2 fully saturated rings. The monoisotopic (exact) mass is 322 g/mol. The molecule has 1 saturated carbocycles. The molecule has 1 saturated heterocycles. The first kappa shape index (κ1) is 15.7. The van der Waals surface area contributed by atoms with Gasteiger partial charge in [0.25, 0.3) is 0 Å². The molecule has 122 valence electrons. The van der Waals surface area contributed by atoms with E-state index in [1.54, 1.807) is 11.3 Å². The van der Waals surface area contributed by atoms with Crippen LogP contribution in [0.3, 0.4) is 0 Å². The largest absolute Gasteiger partial charge is 0.343 e. The Kier molecular flexibility index (Phi) is 4.96. The van der Waals surface area contributed by atoms with Gasteiger partial charge in [-0.2, -0.15) is 0 Å². The van der Waals surface area contributed by atoms with Crippen LogP contribution in [-0.4, -0.2) is 47.2 Å². The molecule has 3 rings (SSSR count). The van der Waals surface area contributed by atoms with E-state index in [9.17, 15) is 4.79 Å². The van der Waals surface area contributed by atoms with E-state index in [-0.39, 0.29) is 11.8 Å². The number of nitrogens with zero attached hydrogens (tertiary/aromatic N) is 4. The van der Waals surface area contributed by atoms with Crippen molar-refractivity contribution < 1.29 is 4.79 Å². The van der Waals surface area contributed by atoms with Gasteiger partial charge < -0.3 is 9.80 Å². The summed E-state index contributed by atoms with van der Waals surface area (Å²) in [7, 11) is 0. The lowest BCUT2D eigenvalue weighted by Crippen LogP contribution is -2.49. The number of hydrogen-bond acceptors (Lipinski definition) is 5. The van der Waals surface area contributed by atoms with E-state index in [4.69, 9.17) is 0 Å². The summed E-state index contributed by atoms with van der Waals surface area (Å²) in [6.07, 6.45) is 6.57. The van der Waals surface area contributed by atoms with Crippen molar-refractivity contribution in [2.75, 3.05) is 31.1 Å². The van der Waals surface area contributed by atoms with Crippen molar-refractivity contribution in [2.45, 2.75) is 51.9 Å². The number of anilines is 1. The molecule has 5 nitrogen and oxygen atoms in total. The molecule has 0 spiro atoms. The molecule has 1 aromatic heterocycles. The van der Waals surface area contributed by atoms with E-state index in [0.717, 1.165) is 31.3 Å². The lowest BCUT2D eigenvalue weighted by atomic mass is 9.90. The van der Waals surface area contributed by atoms with Crippen LogP contribution >= 0.6 is 11.3 Å². The molecule has 1 amide bonds. The Morgan fingerprint density at radius 1 is 1.09 bits per heavy atom. The number of amides is 1. The summed E-state index contributed by atoms with van der Waals surface area (Å²) < 4.78 is 0. The maximum absolute atomic E-state index is 12.0. The minimum absolute atomic E-state index is 0.0889. The molecule has 22 heavy (non-hydrogen) atoms. The molecular formula is C16H26N4OS. The Bertz CT molecular complexity index is 502. The number of carbonyl (C=O) groups excluding carboxylic acids is 1. The van der Waals surface area contributed by atoms with E-state index in [0.29, 0.717) is 5.92 Å². The van der Waals surface area contributed by atoms with Crippen molar-refractivity contribution in [3.63, 3.8) is 0 Å². The summed E-state index contributed by atoms with van der Waals surface area (Å²) in [6.45, 7) is 7.28. The van der Waals surface area contributed by atoms with E-state index in [2.05, 4.69) is 15.1 Å². The van der Waals surface area contributed by atoms with Gasteiger partial charge in [-0.15, -0.1) is 10.2 Å². The van der Waals surface area contributed by atoms with Crippen LogP contribution < -0.4 is 4.90 Å². The number of aromatic nitrogens is 2. The van der Waals surface area contributed by atoms with Gasteiger partial charge in [0.2, 0.25) is 11.0 Å². The average Bonchev–Trinajstić information content (AvgIpc) is 3.05. The normalized spacial score (nSPS) is 20.7. The highest BCUT2D eigenvalue weighted by atomic mass is 32.1. The van der Waals surface area contributed by atoms with Gasteiger partial charge in [0.05, 0.1) is 0 Å².